The molecule has 3 aliphatic rings. The number of Topliss-reactive ketones (excluding diaryl/α,β-unsaturated/α-hetero) is 1. The van der Waals surface area contributed by atoms with Crippen LogP contribution in [0.1, 0.15) is 32.7 Å². The molecule has 3 amide bonds. The summed E-state index contributed by atoms with van der Waals surface area (Å²) in [6, 6.07) is 5.29. The molecule has 1 spiro atoms. The number of likely N-dealkylation sites (tertiary alicyclic amines) is 1. The maximum Gasteiger partial charge on any atom is 0.317 e. The molecule has 6 nitrogen and oxygen atoms in total. The van der Waals surface area contributed by atoms with Gasteiger partial charge < -0.3 is 15.1 Å². The van der Waals surface area contributed by atoms with E-state index >= 15 is 0 Å². The Labute approximate surface area is 128 Å². The molecule has 0 unspecified atom stereocenters. The summed E-state index contributed by atoms with van der Waals surface area (Å²) in [7, 11) is 1.77. The van der Waals surface area contributed by atoms with E-state index in [1.54, 1.807) is 35.0 Å². The zero-order valence-electron chi connectivity index (χ0n) is 12.4. The van der Waals surface area contributed by atoms with Gasteiger partial charge in [-0.3, -0.25) is 9.59 Å². The maximum atomic E-state index is 12.7. The Morgan fingerprint density at radius 1 is 1.23 bits per heavy atom. The molecule has 2 saturated heterocycles. The standard InChI is InChI=1S/C16H17N3O3/c1-18-15(22)17-7-16(18)8-19(9-16)14(21)12-4-2-3-11-10(12)5-6-13(11)20/h2-4H,5-9H2,1H3,(H,17,22). The van der Waals surface area contributed by atoms with Crippen LogP contribution in [-0.4, -0.2) is 59.7 Å². The summed E-state index contributed by atoms with van der Waals surface area (Å²) in [5.74, 6) is 0.0833. The molecule has 2 heterocycles. The third-order valence-electron chi connectivity index (χ3n) is 5.15. The number of urea groups is 1. The Hall–Kier alpha value is -2.37. The van der Waals surface area contributed by atoms with Crippen LogP contribution < -0.4 is 5.32 Å². The number of ketones is 1. The van der Waals surface area contributed by atoms with Crippen molar-refractivity contribution in [1.82, 2.24) is 15.1 Å². The van der Waals surface area contributed by atoms with Crippen LogP contribution in [0, 0.1) is 0 Å². The van der Waals surface area contributed by atoms with Crippen molar-refractivity contribution >= 4 is 17.7 Å². The first-order valence-corrected chi connectivity index (χ1v) is 7.48. The van der Waals surface area contributed by atoms with E-state index in [-0.39, 0.29) is 23.3 Å². The monoisotopic (exact) mass is 299 g/mol. The average molecular weight is 299 g/mol. The molecular formula is C16H17N3O3. The molecule has 1 N–H and O–H groups in total. The van der Waals surface area contributed by atoms with Gasteiger partial charge in [0.05, 0.1) is 5.54 Å². The largest absolute Gasteiger partial charge is 0.335 e. The molecule has 2 fully saturated rings. The van der Waals surface area contributed by atoms with Gasteiger partial charge in [0.25, 0.3) is 5.91 Å². The molecule has 6 heteroatoms. The number of hydrogen-bond acceptors (Lipinski definition) is 3. The zero-order valence-corrected chi connectivity index (χ0v) is 12.4. The topological polar surface area (TPSA) is 69.7 Å². The van der Waals surface area contributed by atoms with Crippen LogP contribution in [0.25, 0.3) is 0 Å². The number of nitrogens with one attached hydrogen (secondary N) is 1. The van der Waals surface area contributed by atoms with Gasteiger partial charge in [-0.05, 0) is 18.1 Å². The average Bonchev–Trinajstić information content (AvgIpc) is 2.99. The number of benzene rings is 1. The second-order valence-corrected chi connectivity index (χ2v) is 6.36. The predicted octanol–water partition coefficient (Wildman–Crippen LogP) is 0.665. The second kappa shape index (κ2) is 4.32. The van der Waals surface area contributed by atoms with Crippen LogP contribution in [-0.2, 0) is 6.42 Å². The van der Waals surface area contributed by atoms with E-state index in [0.717, 1.165) is 5.56 Å². The molecular weight excluding hydrogens is 282 g/mol. The number of nitrogens with zero attached hydrogens (tertiary/aromatic N) is 2. The lowest BCUT2D eigenvalue weighted by Gasteiger charge is -2.50. The Morgan fingerprint density at radius 2 is 2.00 bits per heavy atom. The number of hydrogen-bond donors (Lipinski definition) is 1. The molecule has 1 aliphatic carbocycles. The van der Waals surface area contributed by atoms with Crippen LogP contribution >= 0.6 is 0 Å². The Balaban J connectivity index is 1.56. The normalized spacial score (nSPS) is 21.9. The molecule has 4 rings (SSSR count). The van der Waals surface area contributed by atoms with Gasteiger partial charge in [-0.15, -0.1) is 0 Å². The predicted molar refractivity (Wildman–Crippen MR) is 78.9 cm³/mol. The number of carbonyl (C=O) groups excluding carboxylic acids is 3. The van der Waals surface area contributed by atoms with Crippen LogP contribution in [0.3, 0.4) is 0 Å². The highest BCUT2D eigenvalue weighted by Crippen LogP contribution is 2.33. The summed E-state index contributed by atoms with van der Waals surface area (Å²) < 4.78 is 0. The molecule has 1 aromatic carbocycles. The quantitative estimate of drug-likeness (QED) is 0.828. The van der Waals surface area contributed by atoms with Crippen molar-refractivity contribution in [1.29, 1.82) is 0 Å². The fourth-order valence-electron chi connectivity index (χ4n) is 3.69. The van der Waals surface area contributed by atoms with Gasteiger partial charge in [-0.1, -0.05) is 12.1 Å². The van der Waals surface area contributed by atoms with Gasteiger partial charge in [-0.2, -0.15) is 0 Å². The number of carbonyl (C=O) groups is 3. The summed E-state index contributed by atoms with van der Waals surface area (Å²) in [6.07, 6.45) is 1.14. The Bertz CT molecular complexity index is 707. The first-order valence-electron chi connectivity index (χ1n) is 7.48. The summed E-state index contributed by atoms with van der Waals surface area (Å²) in [5.41, 5.74) is 1.95. The van der Waals surface area contributed by atoms with Crippen molar-refractivity contribution < 1.29 is 14.4 Å². The van der Waals surface area contributed by atoms with Crippen molar-refractivity contribution in [2.75, 3.05) is 26.7 Å². The highest BCUT2D eigenvalue weighted by molar-refractivity contribution is 6.05. The second-order valence-electron chi connectivity index (χ2n) is 6.36. The van der Waals surface area contributed by atoms with Crippen LogP contribution in [0.2, 0.25) is 0 Å². The van der Waals surface area contributed by atoms with E-state index in [9.17, 15) is 14.4 Å². The Kier molecular flexibility index (Phi) is 2.61. The summed E-state index contributed by atoms with van der Waals surface area (Å²) in [4.78, 5) is 39.6. The SMILES string of the molecule is CN1C(=O)NCC12CN(C(=O)c1cccc3c1CCC3=O)C2. The van der Waals surface area contributed by atoms with E-state index < -0.39 is 0 Å². The first-order chi connectivity index (χ1) is 10.5. The summed E-state index contributed by atoms with van der Waals surface area (Å²) in [5, 5.41) is 2.81. The van der Waals surface area contributed by atoms with Crippen molar-refractivity contribution in [2.24, 2.45) is 0 Å². The minimum atomic E-state index is -0.263. The molecule has 2 aliphatic heterocycles. The van der Waals surface area contributed by atoms with Gasteiger partial charge in [-0.25, -0.2) is 4.79 Å². The summed E-state index contributed by atoms with van der Waals surface area (Å²) >= 11 is 0. The van der Waals surface area contributed by atoms with Crippen LogP contribution in [0.5, 0.6) is 0 Å². The van der Waals surface area contributed by atoms with Crippen LogP contribution in [0.15, 0.2) is 18.2 Å². The third-order valence-corrected chi connectivity index (χ3v) is 5.15. The van der Waals surface area contributed by atoms with Crippen molar-refractivity contribution in [3.63, 3.8) is 0 Å². The van der Waals surface area contributed by atoms with E-state index in [1.165, 1.54) is 0 Å². The smallest absolute Gasteiger partial charge is 0.317 e. The fourth-order valence-corrected chi connectivity index (χ4v) is 3.69. The maximum absolute atomic E-state index is 12.7. The lowest BCUT2D eigenvalue weighted by Crippen LogP contribution is -2.70. The number of rotatable bonds is 1. The Morgan fingerprint density at radius 3 is 2.68 bits per heavy atom. The lowest BCUT2D eigenvalue weighted by atomic mass is 9.88. The van der Waals surface area contributed by atoms with Gasteiger partial charge in [0.1, 0.15) is 0 Å². The molecule has 0 radical (unpaired) electrons. The number of likely N-dealkylation sites (N-methyl/N-ethyl adjacent to an activating group) is 1. The van der Waals surface area contributed by atoms with Gasteiger partial charge in [0.2, 0.25) is 0 Å². The lowest BCUT2D eigenvalue weighted by molar-refractivity contribution is 0.00770. The highest BCUT2D eigenvalue weighted by Gasteiger charge is 2.53. The fraction of sp³-hybridized carbons (Fsp3) is 0.438. The minimum absolute atomic E-state index is 0.0371. The number of fused-ring (bicyclic) bond motifs is 1. The highest BCUT2D eigenvalue weighted by atomic mass is 16.2. The van der Waals surface area contributed by atoms with E-state index in [1.807, 2.05) is 0 Å². The number of amides is 3. The van der Waals surface area contributed by atoms with Crippen molar-refractivity contribution in [3.05, 3.63) is 34.9 Å². The first kappa shape index (κ1) is 13.3. The van der Waals surface area contributed by atoms with Gasteiger partial charge in [0.15, 0.2) is 5.78 Å². The van der Waals surface area contributed by atoms with E-state index in [0.29, 0.717) is 43.6 Å². The molecule has 1 aromatic rings. The summed E-state index contributed by atoms with van der Waals surface area (Å²) in [6.45, 7) is 1.66. The third kappa shape index (κ3) is 1.63. The van der Waals surface area contributed by atoms with Gasteiger partial charge >= 0.3 is 6.03 Å². The molecule has 114 valence electrons. The van der Waals surface area contributed by atoms with E-state index in [4.69, 9.17) is 0 Å². The van der Waals surface area contributed by atoms with Crippen LogP contribution in [0.4, 0.5) is 4.79 Å². The molecule has 22 heavy (non-hydrogen) atoms. The molecule has 0 saturated carbocycles. The van der Waals surface area contributed by atoms with Crippen molar-refractivity contribution in [3.8, 4) is 0 Å². The zero-order chi connectivity index (χ0) is 15.5. The van der Waals surface area contributed by atoms with Gasteiger partial charge in [0, 0.05) is 44.2 Å². The van der Waals surface area contributed by atoms with Crippen molar-refractivity contribution in [2.45, 2.75) is 18.4 Å². The molecule has 0 aromatic heterocycles. The minimum Gasteiger partial charge on any atom is -0.335 e. The van der Waals surface area contributed by atoms with E-state index in [2.05, 4.69) is 5.32 Å². The molecule has 0 atom stereocenters. The molecule has 0 bridgehead atoms.